The van der Waals surface area contributed by atoms with Crippen molar-refractivity contribution in [2.75, 3.05) is 13.1 Å². The number of benzene rings is 2. The van der Waals surface area contributed by atoms with Gasteiger partial charge in [-0.2, -0.15) is 0 Å². The van der Waals surface area contributed by atoms with Crippen LogP contribution in [0.1, 0.15) is 42.5 Å². The minimum Gasteiger partial charge on any atom is -0.457 e. The molecule has 2 aromatic carbocycles. The first-order valence-corrected chi connectivity index (χ1v) is 12.3. The second-order valence-corrected chi connectivity index (χ2v) is 11.1. The molecule has 33 heavy (non-hydrogen) atoms. The molecule has 1 saturated heterocycles. The van der Waals surface area contributed by atoms with E-state index in [9.17, 15) is 23.2 Å². The Hall–Kier alpha value is -2.95. The van der Waals surface area contributed by atoms with Crippen molar-refractivity contribution < 1.29 is 28.0 Å². The van der Waals surface area contributed by atoms with Crippen LogP contribution in [0.25, 0.3) is 0 Å². The SMILES string of the molecule is NC(=O)c1ccc(Oc2ccc(S(=O)(=O)C3(C(=O)NO)CCC4(CCNCC4)C3)cc2)cc1. The largest absolute Gasteiger partial charge is 0.457 e. The monoisotopic (exact) mass is 473 g/mol. The van der Waals surface area contributed by atoms with Crippen LogP contribution in [0.2, 0.25) is 0 Å². The Bertz CT molecular complexity index is 1140. The zero-order chi connectivity index (χ0) is 23.7. The molecule has 0 radical (unpaired) electrons. The van der Waals surface area contributed by atoms with E-state index < -0.39 is 26.4 Å². The van der Waals surface area contributed by atoms with Crippen LogP contribution in [-0.2, 0) is 14.6 Å². The highest BCUT2D eigenvalue weighted by Crippen LogP contribution is 2.54. The molecule has 1 atom stereocenters. The van der Waals surface area contributed by atoms with Crippen molar-refractivity contribution in [3.05, 3.63) is 54.1 Å². The van der Waals surface area contributed by atoms with Crippen molar-refractivity contribution >= 4 is 21.7 Å². The molecule has 1 spiro atoms. The molecule has 0 aromatic heterocycles. The third-order valence-corrected chi connectivity index (χ3v) is 9.38. The number of carbonyl (C=O) groups excluding carboxylic acids is 2. The Labute approximate surface area is 192 Å². The van der Waals surface area contributed by atoms with E-state index >= 15 is 0 Å². The number of hydroxylamine groups is 1. The van der Waals surface area contributed by atoms with E-state index in [1.54, 1.807) is 17.6 Å². The van der Waals surface area contributed by atoms with Gasteiger partial charge in [0.05, 0.1) is 4.90 Å². The molecule has 5 N–H and O–H groups in total. The fraction of sp³-hybridized carbons (Fsp3) is 0.391. The standard InChI is InChI=1S/C23H27N3O6S/c24-20(27)16-1-3-17(4-2-16)32-18-5-7-19(8-6-18)33(30,31)23(21(28)26-29)10-9-22(15-23)11-13-25-14-12-22/h1-8,25,29H,9-15H2,(H2,24,27)(H,26,28). The second-order valence-electron chi connectivity index (χ2n) is 8.83. The minimum atomic E-state index is -4.09. The summed E-state index contributed by atoms with van der Waals surface area (Å²) >= 11 is 0. The highest BCUT2D eigenvalue weighted by Gasteiger charge is 2.60. The number of nitrogens with one attached hydrogen (secondary N) is 2. The van der Waals surface area contributed by atoms with Gasteiger partial charge < -0.3 is 15.8 Å². The first-order chi connectivity index (χ1) is 15.7. The minimum absolute atomic E-state index is 0.00601. The van der Waals surface area contributed by atoms with Gasteiger partial charge in [-0.25, -0.2) is 13.9 Å². The molecule has 9 nitrogen and oxygen atoms in total. The number of rotatable bonds is 6. The fourth-order valence-corrected chi connectivity index (χ4v) is 7.12. The lowest BCUT2D eigenvalue weighted by molar-refractivity contribution is -0.132. The number of hydrogen-bond donors (Lipinski definition) is 4. The van der Waals surface area contributed by atoms with Crippen LogP contribution in [0.4, 0.5) is 0 Å². The van der Waals surface area contributed by atoms with Crippen LogP contribution in [0.5, 0.6) is 11.5 Å². The fourth-order valence-electron chi connectivity index (χ4n) is 5.02. The maximum atomic E-state index is 13.7. The zero-order valence-electron chi connectivity index (χ0n) is 18.0. The first kappa shape index (κ1) is 23.2. The van der Waals surface area contributed by atoms with Crippen molar-refractivity contribution in [3.63, 3.8) is 0 Å². The van der Waals surface area contributed by atoms with Gasteiger partial charge in [0, 0.05) is 5.56 Å². The summed E-state index contributed by atoms with van der Waals surface area (Å²) in [5, 5.41) is 12.7. The Morgan fingerprint density at radius 1 is 0.939 bits per heavy atom. The van der Waals surface area contributed by atoms with E-state index in [4.69, 9.17) is 10.5 Å². The van der Waals surface area contributed by atoms with Crippen molar-refractivity contribution in [3.8, 4) is 11.5 Å². The number of carbonyl (C=O) groups is 2. The zero-order valence-corrected chi connectivity index (χ0v) is 18.9. The van der Waals surface area contributed by atoms with E-state index in [1.165, 1.54) is 36.4 Å². The van der Waals surface area contributed by atoms with Crippen molar-refractivity contribution in [2.45, 2.75) is 41.7 Å². The molecule has 4 rings (SSSR count). The lowest BCUT2D eigenvalue weighted by Crippen LogP contribution is -2.51. The molecule has 2 fully saturated rings. The molecule has 2 aromatic rings. The lowest BCUT2D eigenvalue weighted by atomic mass is 9.77. The van der Waals surface area contributed by atoms with Crippen LogP contribution in [0, 0.1) is 5.41 Å². The van der Waals surface area contributed by atoms with Crippen molar-refractivity contribution in [1.82, 2.24) is 10.8 Å². The van der Waals surface area contributed by atoms with E-state index in [1.807, 2.05) is 0 Å². The molecule has 10 heteroatoms. The molecule has 1 aliphatic carbocycles. The van der Waals surface area contributed by atoms with Crippen molar-refractivity contribution in [2.24, 2.45) is 11.1 Å². The van der Waals surface area contributed by atoms with Gasteiger partial charge in [0.1, 0.15) is 11.5 Å². The van der Waals surface area contributed by atoms with Gasteiger partial charge in [0.15, 0.2) is 14.6 Å². The molecular weight excluding hydrogens is 446 g/mol. The highest BCUT2D eigenvalue weighted by atomic mass is 32.2. The van der Waals surface area contributed by atoms with Gasteiger partial charge in [0.25, 0.3) is 5.91 Å². The van der Waals surface area contributed by atoms with E-state index in [0.29, 0.717) is 23.5 Å². The maximum Gasteiger partial charge on any atom is 0.265 e. The highest BCUT2D eigenvalue weighted by molar-refractivity contribution is 7.93. The summed E-state index contributed by atoms with van der Waals surface area (Å²) in [5.74, 6) is -0.582. The molecule has 1 saturated carbocycles. The molecule has 2 amide bonds. The van der Waals surface area contributed by atoms with Gasteiger partial charge >= 0.3 is 0 Å². The molecule has 2 aliphatic rings. The number of primary amides is 1. The summed E-state index contributed by atoms with van der Waals surface area (Å²) < 4.78 is 31.4. The summed E-state index contributed by atoms with van der Waals surface area (Å²) in [4.78, 5) is 23.9. The summed E-state index contributed by atoms with van der Waals surface area (Å²) in [6.07, 6.45) is 2.55. The molecule has 176 valence electrons. The molecule has 1 unspecified atom stereocenters. The van der Waals surface area contributed by atoms with E-state index in [0.717, 1.165) is 25.9 Å². The van der Waals surface area contributed by atoms with Crippen LogP contribution < -0.4 is 21.3 Å². The third-order valence-electron chi connectivity index (χ3n) is 6.92. The second kappa shape index (κ2) is 8.77. The number of amides is 2. The van der Waals surface area contributed by atoms with Crippen LogP contribution in [0.15, 0.2) is 53.4 Å². The Morgan fingerprint density at radius 2 is 1.52 bits per heavy atom. The lowest BCUT2D eigenvalue weighted by Gasteiger charge is -2.36. The van der Waals surface area contributed by atoms with Crippen molar-refractivity contribution in [1.29, 1.82) is 0 Å². The van der Waals surface area contributed by atoms with Gasteiger partial charge in [-0.05, 0) is 99.1 Å². The van der Waals surface area contributed by atoms with Crippen LogP contribution >= 0.6 is 0 Å². The third kappa shape index (κ3) is 4.21. The summed E-state index contributed by atoms with van der Waals surface area (Å²) in [7, 11) is -4.09. The first-order valence-electron chi connectivity index (χ1n) is 10.8. The van der Waals surface area contributed by atoms with Gasteiger partial charge in [-0.1, -0.05) is 0 Å². The number of ether oxygens (including phenoxy) is 1. The van der Waals surface area contributed by atoms with Crippen LogP contribution in [0.3, 0.4) is 0 Å². The number of sulfone groups is 1. The number of hydrogen-bond acceptors (Lipinski definition) is 7. The van der Waals surface area contributed by atoms with E-state index in [2.05, 4.69) is 5.32 Å². The van der Waals surface area contributed by atoms with Gasteiger partial charge in [0.2, 0.25) is 5.91 Å². The number of nitrogens with two attached hydrogens (primary N) is 1. The van der Waals surface area contributed by atoms with Gasteiger partial charge in [-0.15, -0.1) is 0 Å². The maximum absolute atomic E-state index is 13.7. The quantitative estimate of drug-likeness (QED) is 0.371. The average molecular weight is 474 g/mol. The molecule has 1 aliphatic heterocycles. The summed E-state index contributed by atoms with van der Waals surface area (Å²) in [6.45, 7) is 1.56. The topological polar surface area (TPSA) is 148 Å². The average Bonchev–Trinajstić information content (AvgIpc) is 3.20. The molecule has 0 bridgehead atoms. The summed E-state index contributed by atoms with van der Waals surface area (Å²) in [5.41, 5.74) is 6.96. The van der Waals surface area contributed by atoms with Gasteiger partial charge in [-0.3, -0.25) is 14.8 Å². The Morgan fingerprint density at radius 3 is 2.06 bits per heavy atom. The van der Waals surface area contributed by atoms with Crippen LogP contribution in [-0.4, -0.2) is 43.3 Å². The smallest absolute Gasteiger partial charge is 0.265 e. The predicted molar refractivity (Wildman–Crippen MR) is 120 cm³/mol. The molecule has 1 heterocycles. The Balaban J connectivity index is 1.58. The normalized spacial score (nSPS) is 22.1. The van der Waals surface area contributed by atoms with E-state index in [-0.39, 0.29) is 23.2 Å². The molecular formula is C23H27N3O6S. The summed E-state index contributed by atoms with van der Waals surface area (Å²) in [6, 6.07) is 12.1. The predicted octanol–water partition coefficient (Wildman–Crippen LogP) is 2.15. The number of piperidine rings is 1. The Kier molecular flexibility index (Phi) is 6.17.